The van der Waals surface area contributed by atoms with E-state index >= 15 is 0 Å². The number of rotatable bonds is 3. The van der Waals surface area contributed by atoms with Crippen LogP contribution in [0.4, 0.5) is 4.39 Å². The maximum atomic E-state index is 14.6. The van der Waals surface area contributed by atoms with Crippen LogP contribution in [0, 0.1) is 5.82 Å². The Morgan fingerprint density at radius 3 is 2.88 bits per heavy atom. The molecule has 0 spiro atoms. The molecule has 0 aliphatic heterocycles. The Hall–Kier alpha value is -2.66. The molecular formula is C19H14ClFN2O2. The maximum Gasteiger partial charge on any atom is 0.229 e. The molecule has 0 aliphatic carbocycles. The molecule has 0 saturated heterocycles. The summed E-state index contributed by atoms with van der Waals surface area (Å²) in [6, 6.07) is 8.79. The van der Waals surface area contributed by atoms with Crippen molar-refractivity contribution in [2.24, 2.45) is 7.05 Å². The van der Waals surface area contributed by atoms with Crippen molar-refractivity contribution < 1.29 is 13.6 Å². The molecule has 0 saturated carbocycles. The summed E-state index contributed by atoms with van der Waals surface area (Å²) < 4.78 is 22.3. The maximum absolute atomic E-state index is 14.6. The average molecular weight is 357 g/mol. The molecule has 2 aromatic carbocycles. The van der Waals surface area contributed by atoms with Gasteiger partial charge < -0.3 is 8.98 Å². The number of hydrogen-bond donors (Lipinski definition) is 0. The lowest BCUT2D eigenvalue weighted by atomic mass is 10.1. The van der Waals surface area contributed by atoms with Gasteiger partial charge in [-0.05, 0) is 30.7 Å². The fourth-order valence-electron chi connectivity index (χ4n) is 3.05. The predicted molar refractivity (Wildman–Crippen MR) is 95.3 cm³/mol. The summed E-state index contributed by atoms with van der Waals surface area (Å²) in [5, 5.41) is 1.56. The van der Waals surface area contributed by atoms with Gasteiger partial charge in [-0.3, -0.25) is 4.79 Å². The van der Waals surface area contributed by atoms with Gasteiger partial charge in [0.15, 0.2) is 11.4 Å². The number of halogens is 2. The molecule has 0 unspecified atom stereocenters. The van der Waals surface area contributed by atoms with Crippen LogP contribution in [0.3, 0.4) is 0 Å². The van der Waals surface area contributed by atoms with Crippen molar-refractivity contribution >= 4 is 39.4 Å². The van der Waals surface area contributed by atoms with Crippen LogP contribution in [-0.2, 0) is 18.3 Å². The Kier molecular flexibility index (Phi) is 3.62. The van der Waals surface area contributed by atoms with Crippen molar-refractivity contribution in [3.8, 4) is 11.5 Å². The van der Waals surface area contributed by atoms with E-state index < -0.39 is 5.82 Å². The van der Waals surface area contributed by atoms with Crippen LogP contribution in [0.2, 0.25) is 5.02 Å². The number of nitrogens with zero attached hydrogens (tertiary/aromatic N) is 2. The van der Waals surface area contributed by atoms with E-state index in [9.17, 15) is 9.18 Å². The summed E-state index contributed by atoms with van der Waals surface area (Å²) in [6.07, 6.45) is 1.91. The van der Waals surface area contributed by atoms with E-state index in [4.69, 9.17) is 16.0 Å². The van der Waals surface area contributed by atoms with Crippen molar-refractivity contribution in [2.75, 3.05) is 0 Å². The standard InChI is InChI=1S/C19H14ClFN2O2/c1-10(24)7-11-3-6-15-18(17(11)21)25-19(22-15)14-9-23(2)16-8-12(20)4-5-13(14)16/h3-6,8-9H,7H2,1-2H3. The monoisotopic (exact) mass is 356 g/mol. The molecular weight excluding hydrogens is 343 g/mol. The average Bonchev–Trinajstić information content (AvgIpc) is 3.12. The van der Waals surface area contributed by atoms with Gasteiger partial charge in [-0.1, -0.05) is 23.7 Å². The third kappa shape index (κ3) is 2.61. The number of carbonyl (C=O) groups excluding carboxylic acids is 1. The van der Waals surface area contributed by atoms with Crippen LogP contribution in [0.5, 0.6) is 0 Å². The molecule has 126 valence electrons. The minimum absolute atomic E-state index is 0.0323. The van der Waals surface area contributed by atoms with Crippen LogP contribution < -0.4 is 0 Å². The molecule has 2 aromatic heterocycles. The number of oxazole rings is 1. The van der Waals surface area contributed by atoms with E-state index in [2.05, 4.69) is 4.98 Å². The Morgan fingerprint density at radius 1 is 1.32 bits per heavy atom. The number of aromatic nitrogens is 2. The zero-order chi connectivity index (χ0) is 17.7. The van der Waals surface area contributed by atoms with E-state index in [1.54, 1.807) is 18.2 Å². The molecule has 4 nitrogen and oxygen atoms in total. The van der Waals surface area contributed by atoms with Crippen LogP contribution in [0.1, 0.15) is 12.5 Å². The molecule has 2 heterocycles. The molecule has 0 radical (unpaired) electrons. The number of aryl methyl sites for hydroxylation is 1. The van der Waals surface area contributed by atoms with Crippen molar-refractivity contribution in [3.63, 3.8) is 0 Å². The lowest BCUT2D eigenvalue weighted by Crippen LogP contribution is -1.99. The van der Waals surface area contributed by atoms with Gasteiger partial charge in [0, 0.05) is 30.1 Å². The summed E-state index contributed by atoms with van der Waals surface area (Å²) in [5.41, 5.74) is 2.50. The van der Waals surface area contributed by atoms with Gasteiger partial charge in [-0.15, -0.1) is 0 Å². The summed E-state index contributed by atoms with van der Waals surface area (Å²) in [7, 11) is 1.90. The number of ketones is 1. The number of benzene rings is 2. The molecule has 4 rings (SSSR count). The zero-order valence-corrected chi connectivity index (χ0v) is 14.4. The van der Waals surface area contributed by atoms with E-state index in [-0.39, 0.29) is 17.8 Å². The second-order valence-corrected chi connectivity index (χ2v) is 6.54. The van der Waals surface area contributed by atoms with E-state index in [0.29, 0.717) is 22.0 Å². The molecule has 0 N–H and O–H groups in total. The first-order valence-electron chi connectivity index (χ1n) is 7.76. The summed E-state index contributed by atoms with van der Waals surface area (Å²) in [5.74, 6) is -0.305. The number of hydrogen-bond acceptors (Lipinski definition) is 3. The first kappa shape index (κ1) is 15.8. The smallest absolute Gasteiger partial charge is 0.229 e. The Balaban J connectivity index is 1.91. The summed E-state index contributed by atoms with van der Waals surface area (Å²) in [4.78, 5) is 15.7. The summed E-state index contributed by atoms with van der Waals surface area (Å²) in [6.45, 7) is 1.43. The fourth-order valence-corrected chi connectivity index (χ4v) is 3.21. The van der Waals surface area contributed by atoms with Gasteiger partial charge in [0.05, 0.1) is 11.1 Å². The van der Waals surface area contributed by atoms with Crippen LogP contribution in [0.15, 0.2) is 40.9 Å². The topological polar surface area (TPSA) is 48.0 Å². The summed E-state index contributed by atoms with van der Waals surface area (Å²) >= 11 is 6.06. The Labute approximate surface area is 147 Å². The molecule has 0 amide bonds. The molecule has 0 atom stereocenters. The third-order valence-electron chi connectivity index (χ3n) is 4.20. The van der Waals surface area contributed by atoms with Crippen LogP contribution >= 0.6 is 11.6 Å². The van der Waals surface area contributed by atoms with Crippen molar-refractivity contribution in [3.05, 3.63) is 52.9 Å². The highest BCUT2D eigenvalue weighted by Gasteiger charge is 2.18. The minimum Gasteiger partial charge on any atom is -0.433 e. The Morgan fingerprint density at radius 2 is 2.12 bits per heavy atom. The van der Waals surface area contributed by atoms with Crippen molar-refractivity contribution in [1.29, 1.82) is 0 Å². The molecule has 6 heteroatoms. The van der Waals surface area contributed by atoms with Gasteiger partial charge in [0.25, 0.3) is 0 Å². The van der Waals surface area contributed by atoms with Gasteiger partial charge in [-0.25, -0.2) is 9.37 Å². The molecule has 0 bridgehead atoms. The van der Waals surface area contributed by atoms with E-state index in [1.165, 1.54) is 6.92 Å². The Bertz CT molecular complexity index is 1140. The van der Waals surface area contributed by atoms with Gasteiger partial charge in [0.1, 0.15) is 11.3 Å². The van der Waals surface area contributed by atoms with Gasteiger partial charge in [-0.2, -0.15) is 0 Å². The molecule has 25 heavy (non-hydrogen) atoms. The fraction of sp³-hybridized carbons (Fsp3) is 0.158. The number of fused-ring (bicyclic) bond motifs is 2. The number of carbonyl (C=O) groups is 1. The third-order valence-corrected chi connectivity index (χ3v) is 4.43. The predicted octanol–water partition coefficient (Wildman–Crippen LogP) is 4.91. The minimum atomic E-state index is -0.533. The second kappa shape index (κ2) is 5.70. The second-order valence-electron chi connectivity index (χ2n) is 6.10. The van der Waals surface area contributed by atoms with Crippen molar-refractivity contribution in [1.82, 2.24) is 9.55 Å². The lowest BCUT2D eigenvalue weighted by molar-refractivity contribution is -0.116. The van der Waals surface area contributed by atoms with Crippen molar-refractivity contribution in [2.45, 2.75) is 13.3 Å². The molecule has 0 aliphatic rings. The van der Waals surface area contributed by atoms with Crippen LogP contribution in [-0.4, -0.2) is 15.3 Å². The number of Topliss-reactive ketones (excluding diaryl/α,β-unsaturated/α-hetero) is 1. The molecule has 0 fully saturated rings. The zero-order valence-electron chi connectivity index (χ0n) is 13.6. The lowest BCUT2D eigenvalue weighted by Gasteiger charge is -1.99. The van der Waals surface area contributed by atoms with E-state index in [1.807, 2.05) is 29.9 Å². The molecule has 4 aromatic rings. The normalized spacial score (nSPS) is 11.5. The van der Waals surface area contributed by atoms with E-state index in [0.717, 1.165) is 16.5 Å². The highest BCUT2D eigenvalue weighted by molar-refractivity contribution is 6.31. The van der Waals surface area contributed by atoms with Crippen LogP contribution in [0.25, 0.3) is 33.5 Å². The SMILES string of the molecule is CC(=O)Cc1ccc2nc(-c3cn(C)c4cc(Cl)ccc34)oc2c1F. The first-order chi connectivity index (χ1) is 11.9. The van der Waals surface area contributed by atoms with Gasteiger partial charge >= 0.3 is 0 Å². The highest BCUT2D eigenvalue weighted by atomic mass is 35.5. The van der Waals surface area contributed by atoms with Gasteiger partial charge in [0.2, 0.25) is 5.89 Å². The quantitative estimate of drug-likeness (QED) is 0.524. The first-order valence-corrected chi connectivity index (χ1v) is 8.14. The highest BCUT2D eigenvalue weighted by Crippen LogP contribution is 2.34. The largest absolute Gasteiger partial charge is 0.433 e.